The van der Waals surface area contributed by atoms with E-state index in [1.807, 2.05) is 24.3 Å². The Kier molecular flexibility index (Phi) is 4.63. The fraction of sp³-hybridized carbons (Fsp3) is 0.385. The molecule has 1 saturated heterocycles. The van der Waals surface area contributed by atoms with Gasteiger partial charge in [-0.3, -0.25) is 9.69 Å². The normalized spacial score (nSPS) is 14.4. The molecule has 102 valence electrons. The molecule has 1 aromatic rings. The largest absolute Gasteiger partial charge is 0.448 e. The minimum Gasteiger partial charge on any atom is -0.448 e. The van der Waals surface area contributed by atoms with Crippen molar-refractivity contribution in [3.05, 3.63) is 34.9 Å². The topological polar surface area (TPSA) is 58.6 Å². The first-order valence-corrected chi connectivity index (χ1v) is 6.46. The number of carbonyl (C=O) groups excluding carboxylic acids is 2. The van der Waals surface area contributed by atoms with Crippen LogP contribution in [0.5, 0.6) is 0 Å². The van der Waals surface area contributed by atoms with Crippen molar-refractivity contribution in [3.8, 4) is 0 Å². The predicted octanol–water partition coefficient (Wildman–Crippen LogP) is 1.45. The zero-order chi connectivity index (χ0) is 13.7. The Morgan fingerprint density at radius 3 is 3.00 bits per heavy atom. The van der Waals surface area contributed by atoms with Crippen LogP contribution in [0.1, 0.15) is 5.56 Å². The molecule has 1 aliphatic rings. The Hall–Kier alpha value is -1.75. The number of halogens is 1. The van der Waals surface area contributed by atoms with Gasteiger partial charge in [0, 0.05) is 11.6 Å². The number of nitrogens with one attached hydrogen (secondary N) is 1. The first-order chi connectivity index (χ1) is 9.15. The zero-order valence-corrected chi connectivity index (χ0v) is 11.2. The van der Waals surface area contributed by atoms with Gasteiger partial charge < -0.3 is 10.1 Å². The zero-order valence-electron chi connectivity index (χ0n) is 10.4. The highest BCUT2D eigenvalue weighted by Crippen LogP contribution is 2.10. The van der Waals surface area contributed by atoms with Gasteiger partial charge in [0.1, 0.15) is 13.2 Å². The van der Waals surface area contributed by atoms with Gasteiger partial charge in [0.15, 0.2) is 0 Å². The van der Waals surface area contributed by atoms with Crippen LogP contribution in [0.3, 0.4) is 0 Å². The van der Waals surface area contributed by atoms with Crippen LogP contribution in [-0.2, 0) is 16.0 Å². The average Bonchev–Trinajstić information content (AvgIpc) is 2.75. The van der Waals surface area contributed by atoms with Crippen LogP contribution in [0.2, 0.25) is 5.02 Å². The van der Waals surface area contributed by atoms with Crippen LogP contribution in [0.4, 0.5) is 4.79 Å². The highest BCUT2D eigenvalue weighted by Gasteiger charge is 2.23. The third kappa shape index (κ3) is 4.13. The third-order valence-electron chi connectivity index (χ3n) is 2.80. The van der Waals surface area contributed by atoms with E-state index in [-0.39, 0.29) is 12.5 Å². The van der Waals surface area contributed by atoms with E-state index in [2.05, 4.69) is 5.32 Å². The van der Waals surface area contributed by atoms with Crippen molar-refractivity contribution in [1.82, 2.24) is 10.2 Å². The molecular weight excluding hydrogens is 268 g/mol. The highest BCUT2D eigenvalue weighted by molar-refractivity contribution is 6.30. The number of hydrogen-bond acceptors (Lipinski definition) is 3. The van der Waals surface area contributed by atoms with E-state index in [1.54, 1.807) is 0 Å². The van der Waals surface area contributed by atoms with E-state index >= 15 is 0 Å². The molecule has 0 aromatic heterocycles. The molecular formula is C13H15ClN2O3. The minimum absolute atomic E-state index is 0.0500. The smallest absolute Gasteiger partial charge is 0.410 e. The van der Waals surface area contributed by atoms with Crippen LogP contribution in [0.15, 0.2) is 24.3 Å². The Morgan fingerprint density at radius 1 is 1.47 bits per heavy atom. The summed E-state index contributed by atoms with van der Waals surface area (Å²) in [6, 6.07) is 7.50. The fourth-order valence-corrected chi connectivity index (χ4v) is 2.05. The summed E-state index contributed by atoms with van der Waals surface area (Å²) in [5, 5.41) is 3.45. The van der Waals surface area contributed by atoms with Gasteiger partial charge in [-0.2, -0.15) is 0 Å². The second kappa shape index (κ2) is 6.43. The van der Waals surface area contributed by atoms with E-state index in [0.29, 0.717) is 31.1 Å². The maximum atomic E-state index is 11.6. The van der Waals surface area contributed by atoms with Gasteiger partial charge in [-0.1, -0.05) is 23.7 Å². The molecule has 0 spiro atoms. The van der Waals surface area contributed by atoms with E-state index in [1.165, 1.54) is 4.90 Å². The van der Waals surface area contributed by atoms with Gasteiger partial charge in [-0.05, 0) is 24.1 Å². The second-order valence-electron chi connectivity index (χ2n) is 4.27. The molecule has 5 nitrogen and oxygen atoms in total. The molecule has 19 heavy (non-hydrogen) atoms. The lowest BCUT2D eigenvalue weighted by Crippen LogP contribution is -2.38. The summed E-state index contributed by atoms with van der Waals surface area (Å²) in [5.41, 5.74) is 1.06. The maximum Gasteiger partial charge on any atom is 0.410 e. The summed E-state index contributed by atoms with van der Waals surface area (Å²) in [5.74, 6) is -0.180. The van der Waals surface area contributed by atoms with Gasteiger partial charge in [-0.15, -0.1) is 0 Å². The number of nitrogens with zero attached hydrogens (tertiary/aromatic N) is 1. The van der Waals surface area contributed by atoms with Crippen LogP contribution in [0.25, 0.3) is 0 Å². The van der Waals surface area contributed by atoms with Gasteiger partial charge in [-0.25, -0.2) is 4.79 Å². The number of cyclic esters (lactones) is 1. The van der Waals surface area contributed by atoms with Crippen LogP contribution < -0.4 is 5.32 Å². The molecule has 1 N–H and O–H groups in total. The first kappa shape index (κ1) is 13.7. The summed E-state index contributed by atoms with van der Waals surface area (Å²) in [6.45, 7) is 1.39. The fourth-order valence-electron chi connectivity index (χ4n) is 1.84. The molecule has 1 fully saturated rings. The SMILES string of the molecule is O=C(CN1CCOC1=O)NCCc1cccc(Cl)c1. The van der Waals surface area contributed by atoms with Crippen molar-refractivity contribution in [2.75, 3.05) is 26.2 Å². The van der Waals surface area contributed by atoms with Gasteiger partial charge >= 0.3 is 6.09 Å². The van der Waals surface area contributed by atoms with Crippen molar-refractivity contribution >= 4 is 23.6 Å². The number of amides is 2. The molecule has 0 atom stereocenters. The van der Waals surface area contributed by atoms with Crippen molar-refractivity contribution in [2.24, 2.45) is 0 Å². The number of benzene rings is 1. The minimum atomic E-state index is -0.426. The van der Waals surface area contributed by atoms with Crippen molar-refractivity contribution in [3.63, 3.8) is 0 Å². The Labute approximate surface area is 116 Å². The number of rotatable bonds is 5. The second-order valence-corrected chi connectivity index (χ2v) is 4.70. The third-order valence-corrected chi connectivity index (χ3v) is 3.04. The molecule has 0 saturated carbocycles. The lowest BCUT2D eigenvalue weighted by molar-refractivity contribution is -0.121. The van der Waals surface area contributed by atoms with Crippen molar-refractivity contribution < 1.29 is 14.3 Å². The van der Waals surface area contributed by atoms with Gasteiger partial charge in [0.2, 0.25) is 5.91 Å². The summed E-state index contributed by atoms with van der Waals surface area (Å²) in [7, 11) is 0. The van der Waals surface area contributed by atoms with E-state index in [4.69, 9.17) is 16.3 Å². The lowest BCUT2D eigenvalue weighted by atomic mass is 10.1. The standard InChI is InChI=1S/C13H15ClN2O3/c14-11-3-1-2-10(8-11)4-5-15-12(17)9-16-6-7-19-13(16)18/h1-3,8H,4-7,9H2,(H,15,17). The molecule has 2 amide bonds. The van der Waals surface area contributed by atoms with Crippen LogP contribution in [0, 0.1) is 0 Å². The Morgan fingerprint density at radius 2 is 2.32 bits per heavy atom. The lowest BCUT2D eigenvalue weighted by Gasteiger charge is -2.12. The number of hydrogen-bond donors (Lipinski definition) is 1. The van der Waals surface area contributed by atoms with Crippen LogP contribution in [-0.4, -0.2) is 43.1 Å². The summed E-state index contributed by atoms with van der Waals surface area (Å²) >= 11 is 5.87. The molecule has 0 radical (unpaired) electrons. The highest BCUT2D eigenvalue weighted by atomic mass is 35.5. The molecule has 2 rings (SSSR count). The van der Waals surface area contributed by atoms with Gasteiger partial charge in [0.25, 0.3) is 0 Å². The molecule has 1 heterocycles. The van der Waals surface area contributed by atoms with Crippen molar-refractivity contribution in [1.29, 1.82) is 0 Å². The maximum absolute atomic E-state index is 11.6. The van der Waals surface area contributed by atoms with Crippen LogP contribution >= 0.6 is 11.6 Å². The molecule has 6 heteroatoms. The molecule has 0 bridgehead atoms. The van der Waals surface area contributed by atoms with E-state index in [9.17, 15) is 9.59 Å². The number of carbonyl (C=O) groups is 2. The Bertz CT molecular complexity index is 479. The predicted molar refractivity (Wildman–Crippen MR) is 71.1 cm³/mol. The molecule has 1 aliphatic heterocycles. The number of ether oxygens (including phenoxy) is 1. The average molecular weight is 283 g/mol. The summed E-state index contributed by atoms with van der Waals surface area (Å²) in [4.78, 5) is 24.2. The summed E-state index contributed by atoms with van der Waals surface area (Å²) < 4.78 is 4.75. The van der Waals surface area contributed by atoms with Crippen molar-refractivity contribution in [2.45, 2.75) is 6.42 Å². The van der Waals surface area contributed by atoms with Gasteiger partial charge in [0.05, 0.1) is 6.54 Å². The van der Waals surface area contributed by atoms with E-state index in [0.717, 1.165) is 5.56 Å². The Balaban J connectivity index is 1.70. The first-order valence-electron chi connectivity index (χ1n) is 6.08. The summed E-state index contributed by atoms with van der Waals surface area (Å²) in [6.07, 6.45) is 0.279. The monoisotopic (exact) mass is 282 g/mol. The molecule has 0 unspecified atom stereocenters. The quantitative estimate of drug-likeness (QED) is 0.889. The molecule has 0 aliphatic carbocycles. The van der Waals surface area contributed by atoms with E-state index < -0.39 is 6.09 Å². The molecule has 1 aromatic carbocycles.